The second-order valence-corrected chi connectivity index (χ2v) is 13.6. The van der Waals surface area contributed by atoms with Crippen LogP contribution in [0.15, 0.2) is 182 Å². The van der Waals surface area contributed by atoms with Crippen molar-refractivity contribution in [3.8, 4) is 0 Å². The molecule has 1 radical (unpaired) electrons. The van der Waals surface area contributed by atoms with Crippen LogP contribution in [0.1, 0.15) is 47.2 Å². The number of hydrogen-bond donors (Lipinski definition) is 2. The van der Waals surface area contributed by atoms with Gasteiger partial charge in [-0.3, -0.25) is 0 Å². The fourth-order valence-electron chi connectivity index (χ4n) is 7.36. The quantitative estimate of drug-likeness (QED) is 0.112. The highest BCUT2D eigenvalue weighted by atomic mass is 32.1. The Hall–Kier alpha value is -4.02. The summed E-state index contributed by atoms with van der Waals surface area (Å²) in [5, 5.41) is 5.87. The summed E-state index contributed by atoms with van der Waals surface area (Å²) in [5.41, 5.74) is 5.12. The van der Waals surface area contributed by atoms with Crippen LogP contribution in [0.2, 0.25) is 0 Å². The zero-order valence-corrected chi connectivity index (χ0v) is 27.5. The lowest BCUT2D eigenvalue weighted by molar-refractivity contribution is 0.266. The van der Waals surface area contributed by atoms with Gasteiger partial charge in [-0.25, -0.2) is 5.32 Å². The molecular formula is C42H38NS2. The normalized spacial score (nSPS) is 14.7. The summed E-state index contributed by atoms with van der Waals surface area (Å²) < 4.78 is 0. The molecule has 0 spiro atoms. The average molecular weight is 621 g/mol. The van der Waals surface area contributed by atoms with E-state index in [9.17, 15) is 0 Å². The van der Waals surface area contributed by atoms with E-state index in [1.807, 2.05) is 0 Å². The van der Waals surface area contributed by atoms with Crippen LogP contribution in [0.4, 0.5) is 0 Å². The summed E-state index contributed by atoms with van der Waals surface area (Å²) in [4.78, 5) is -2.01. The third-order valence-electron chi connectivity index (χ3n) is 9.10. The SMILES string of the molecule is CC(S)([N]C(C)(S)C(c1ccccc1)(c1ccccc1)c1ccccc1)C(c1ccccc1)(c1ccccc1)c1ccccc1. The van der Waals surface area contributed by atoms with Gasteiger partial charge in [0, 0.05) is 0 Å². The number of thiol groups is 2. The van der Waals surface area contributed by atoms with Gasteiger partial charge in [-0.05, 0) is 47.2 Å². The van der Waals surface area contributed by atoms with Crippen molar-refractivity contribution in [2.75, 3.05) is 0 Å². The molecule has 0 saturated heterocycles. The first-order valence-corrected chi connectivity index (χ1v) is 16.3. The molecule has 6 aromatic carbocycles. The number of hydrogen-bond acceptors (Lipinski definition) is 2. The second kappa shape index (κ2) is 12.8. The molecule has 2 atom stereocenters. The summed E-state index contributed by atoms with van der Waals surface area (Å²) in [7, 11) is 0. The summed E-state index contributed by atoms with van der Waals surface area (Å²) in [6.07, 6.45) is 0. The van der Waals surface area contributed by atoms with E-state index in [4.69, 9.17) is 30.6 Å². The Kier molecular flexibility index (Phi) is 8.79. The van der Waals surface area contributed by atoms with Gasteiger partial charge in [-0.2, -0.15) is 25.3 Å². The van der Waals surface area contributed by atoms with Crippen molar-refractivity contribution in [1.82, 2.24) is 5.32 Å². The third-order valence-corrected chi connectivity index (χ3v) is 9.97. The molecule has 1 nitrogen and oxygen atoms in total. The Morgan fingerprint density at radius 3 is 0.622 bits per heavy atom. The molecule has 0 amide bonds. The minimum absolute atomic E-state index is 0.764. The van der Waals surface area contributed by atoms with Gasteiger partial charge in [0.25, 0.3) is 0 Å². The van der Waals surface area contributed by atoms with Gasteiger partial charge < -0.3 is 0 Å². The molecule has 6 aromatic rings. The van der Waals surface area contributed by atoms with E-state index in [0.717, 1.165) is 33.4 Å². The van der Waals surface area contributed by atoms with Crippen LogP contribution >= 0.6 is 25.3 Å². The highest BCUT2D eigenvalue weighted by Crippen LogP contribution is 2.55. The van der Waals surface area contributed by atoms with Gasteiger partial charge in [0.1, 0.15) is 0 Å². The van der Waals surface area contributed by atoms with Crippen molar-refractivity contribution in [2.24, 2.45) is 0 Å². The van der Waals surface area contributed by atoms with Crippen LogP contribution in [0.5, 0.6) is 0 Å². The van der Waals surface area contributed by atoms with Gasteiger partial charge in [-0.15, -0.1) is 0 Å². The summed E-state index contributed by atoms with van der Waals surface area (Å²) in [6.45, 7) is 4.28. The lowest BCUT2D eigenvalue weighted by Gasteiger charge is -2.54. The number of benzene rings is 6. The molecule has 3 heteroatoms. The first kappa shape index (κ1) is 31.0. The maximum atomic E-state index is 5.87. The zero-order valence-electron chi connectivity index (χ0n) is 25.7. The second-order valence-electron chi connectivity index (χ2n) is 11.8. The lowest BCUT2D eigenvalue weighted by atomic mass is 9.62. The smallest absolute Gasteiger partial charge is 0.0944 e. The van der Waals surface area contributed by atoms with Crippen molar-refractivity contribution in [3.63, 3.8) is 0 Å². The van der Waals surface area contributed by atoms with Crippen molar-refractivity contribution in [1.29, 1.82) is 0 Å². The largest absolute Gasteiger partial charge is 0.205 e. The number of nitrogens with zero attached hydrogens (tertiary/aromatic N) is 1. The highest BCUT2D eigenvalue weighted by molar-refractivity contribution is 7.82. The molecule has 6 rings (SSSR count). The first-order chi connectivity index (χ1) is 21.8. The van der Waals surface area contributed by atoms with E-state index in [0.29, 0.717) is 0 Å². The van der Waals surface area contributed by atoms with Gasteiger partial charge in [0.05, 0.1) is 20.6 Å². The molecule has 0 bridgehead atoms. The maximum Gasteiger partial charge on any atom is 0.0944 e. The van der Waals surface area contributed by atoms with Gasteiger partial charge in [0.2, 0.25) is 0 Å². The van der Waals surface area contributed by atoms with E-state index < -0.39 is 20.6 Å². The minimum atomic E-state index is -1.00. The van der Waals surface area contributed by atoms with E-state index in [1.165, 1.54) is 0 Å². The van der Waals surface area contributed by atoms with E-state index in [2.05, 4.69) is 196 Å². The predicted octanol–water partition coefficient (Wildman–Crippen LogP) is 9.95. The molecule has 0 saturated carbocycles. The Morgan fingerprint density at radius 1 is 0.311 bits per heavy atom. The summed E-state index contributed by atoms with van der Waals surface area (Å²) >= 11 is 11.3. The van der Waals surface area contributed by atoms with Gasteiger partial charge in [0.15, 0.2) is 0 Å². The zero-order chi connectivity index (χ0) is 31.4. The standard InChI is InChI=1S/C42H38NS2/c1-39(44,41(33-21-9-3-10-22-33,34-23-11-4-12-24-34)35-25-13-5-14-26-35)43-40(2,45)42(36-27-15-6-16-28-36,37-29-17-7-18-30-37)38-31-19-8-20-32-38/h3-32,44-45H,1-2H3. The lowest BCUT2D eigenvalue weighted by Crippen LogP contribution is -2.63. The molecule has 0 aromatic heterocycles. The summed E-state index contributed by atoms with van der Waals surface area (Å²) in [6, 6.07) is 63.9. The number of rotatable bonds is 10. The van der Waals surface area contributed by atoms with Crippen LogP contribution < -0.4 is 5.32 Å². The third kappa shape index (κ3) is 5.33. The fraction of sp³-hybridized carbons (Fsp3) is 0.143. The molecule has 2 unspecified atom stereocenters. The van der Waals surface area contributed by atoms with E-state index in [1.54, 1.807) is 0 Å². The Balaban J connectivity index is 1.66. The van der Waals surface area contributed by atoms with E-state index >= 15 is 0 Å². The average Bonchev–Trinajstić information content (AvgIpc) is 3.08. The Bertz CT molecular complexity index is 1460. The maximum absolute atomic E-state index is 5.87. The van der Waals surface area contributed by atoms with Gasteiger partial charge >= 0.3 is 0 Å². The van der Waals surface area contributed by atoms with Crippen molar-refractivity contribution in [2.45, 2.75) is 34.4 Å². The fourth-order valence-corrected chi connectivity index (χ4v) is 8.61. The Morgan fingerprint density at radius 2 is 0.467 bits per heavy atom. The summed E-state index contributed by atoms with van der Waals surface area (Å²) in [5.74, 6) is 0. The van der Waals surface area contributed by atoms with Crippen molar-refractivity contribution < 1.29 is 0 Å². The molecule has 0 N–H and O–H groups in total. The van der Waals surface area contributed by atoms with E-state index in [-0.39, 0.29) is 0 Å². The van der Waals surface area contributed by atoms with Crippen molar-refractivity contribution >= 4 is 25.3 Å². The monoisotopic (exact) mass is 620 g/mol. The predicted molar refractivity (Wildman–Crippen MR) is 195 cm³/mol. The molecule has 45 heavy (non-hydrogen) atoms. The molecule has 0 heterocycles. The van der Waals surface area contributed by atoms with Gasteiger partial charge in [-0.1, -0.05) is 182 Å². The Labute approximate surface area is 279 Å². The van der Waals surface area contributed by atoms with Crippen LogP contribution in [0.3, 0.4) is 0 Å². The van der Waals surface area contributed by atoms with Crippen LogP contribution in [-0.2, 0) is 10.8 Å². The molecule has 0 aliphatic carbocycles. The van der Waals surface area contributed by atoms with Crippen LogP contribution in [0.25, 0.3) is 0 Å². The molecule has 0 aliphatic heterocycles. The van der Waals surface area contributed by atoms with Crippen LogP contribution in [-0.4, -0.2) is 9.74 Å². The topological polar surface area (TPSA) is 14.1 Å². The van der Waals surface area contributed by atoms with Crippen LogP contribution in [0, 0.1) is 0 Å². The molecule has 223 valence electrons. The first-order valence-electron chi connectivity index (χ1n) is 15.4. The molecule has 0 aliphatic rings. The highest BCUT2D eigenvalue weighted by Gasteiger charge is 2.58. The van der Waals surface area contributed by atoms with Crippen molar-refractivity contribution in [3.05, 3.63) is 215 Å². The minimum Gasteiger partial charge on any atom is -0.205 e. The molecular weight excluding hydrogens is 583 g/mol. The molecule has 0 fully saturated rings.